The first-order valence-electron chi connectivity index (χ1n) is 10.1. The zero-order valence-corrected chi connectivity index (χ0v) is 17.5. The SMILES string of the molecule is CC(C)[C@H]1CN(S(C)(=O)=O)CC1C(=O)c1cccc(CN2CCCCC2)c1. The molecule has 0 bridgehead atoms. The molecule has 6 heteroatoms. The van der Waals surface area contributed by atoms with Crippen molar-refractivity contribution < 1.29 is 13.2 Å². The van der Waals surface area contributed by atoms with Crippen molar-refractivity contribution in [1.29, 1.82) is 0 Å². The van der Waals surface area contributed by atoms with Gasteiger partial charge < -0.3 is 0 Å². The Kier molecular flexibility index (Phi) is 6.39. The summed E-state index contributed by atoms with van der Waals surface area (Å²) in [7, 11) is -3.27. The summed E-state index contributed by atoms with van der Waals surface area (Å²) in [6.07, 6.45) is 5.04. The van der Waals surface area contributed by atoms with E-state index in [1.807, 2.05) is 18.2 Å². The van der Waals surface area contributed by atoms with Crippen molar-refractivity contribution in [2.24, 2.45) is 17.8 Å². The molecule has 1 unspecified atom stereocenters. The molecule has 2 heterocycles. The number of likely N-dealkylation sites (tertiary alicyclic amines) is 1. The first kappa shape index (κ1) is 20.5. The molecule has 1 aromatic carbocycles. The predicted octanol–water partition coefficient (Wildman–Crippen LogP) is 3.02. The molecule has 0 aliphatic carbocycles. The zero-order valence-electron chi connectivity index (χ0n) is 16.7. The molecule has 3 rings (SSSR count). The number of benzene rings is 1. The summed E-state index contributed by atoms with van der Waals surface area (Å²) in [5, 5.41) is 0. The first-order valence-corrected chi connectivity index (χ1v) is 11.9. The van der Waals surface area contributed by atoms with Gasteiger partial charge in [-0.25, -0.2) is 12.7 Å². The fraction of sp³-hybridized carbons (Fsp3) is 0.667. The van der Waals surface area contributed by atoms with E-state index in [0.29, 0.717) is 13.1 Å². The minimum absolute atomic E-state index is 0.0676. The number of sulfonamides is 1. The topological polar surface area (TPSA) is 57.7 Å². The second kappa shape index (κ2) is 8.41. The van der Waals surface area contributed by atoms with Crippen LogP contribution in [0.1, 0.15) is 49.0 Å². The molecule has 0 spiro atoms. The molecule has 27 heavy (non-hydrogen) atoms. The van der Waals surface area contributed by atoms with Crippen molar-refractivity contribution in [3.63, 3.8) is 0 Å². The maximum Gasteiger partial charge on any atom is 0.211 e. The Bertz CT molecular complexity index is 769. The van der Waals surface area contributed by atoms with E-state index < -0.39 is 10.0 Å². The number of Topliss-reactive ketones (excluding diaryl/α,β-unsaturated/α-hetero) is 1. The molecule has 0 saturated carbocycles. The van der Waals surface area contributed by atoms with Gasteiger partial charge in [-0.05, 0) is 49.4 Å². The van der Waals surface area contributed by atoms with Crippen LogP contribution in [-0.2, 0) is 16.6 Å². The largest absolute Gasteiger partial charge is 0.299 e. The summed E-state index contributed by atoms with van der Waals surface area (Å²) in [5.41, 5.74) is 1.89. The van der Waals surface area contributed by atoms with Crippen LogP contribution < -0.4 is 0 Å². The lowest BCUT2D eigenvalue weighted by Gasteiger charge is -2.26. The van der Waals surface area contributed by atoms with Gasteiger partial charge in [0.2, 0.25) is 10.0 Å². The Hall–Kier alpha value is -1.24. The predicted molar refractivity (Wildman–Crippen MR) is 108 cm³/mol. The average molecular weight is 393 g/mol. The highest BCUT2D eigenvalue weighted by Gasteiger charge is 2.42. The van der Waals surface area contributed by atoms with Crippen LogP contribution in [0.15, 0.2) is 24.3 Å². The van der Waals surface area contributed by atoms with E-state index in [0.717, 1.165) is 25.2 Å². The lowest BCUT2D eigenvalue weighted by molar-refractivity contribution is 0.0883. The van der Waals surface area contributed by atoms with Crippen LogP contribution in [0.5, 0.6) is 0 Å². The molecule has 0 aromatic heterocycles. The van der Waals surface area contributed by atoms with Gasteiger partial charge in [0.05, 0.1) is 6.26 Å². The summed E-state index contributed by atoms with van der Waals surface area (Å²) in [6, 6.07) is 7.93. The smallest absolute Gasteiger partial charge is 0.211 e. The van der Waals surface area contributed by atoms with Crippen LogP contribution >= 0.6 is 0 Å². The minimum Gasteiger partial charge on any atom is -0.299 e. The Balaban J connectivity index is 1.76. The number of hydrogen-bond acceptors (Lipinski definition) is 4. The molecule has 2 fully saturated rings. The Morgan fingerprint density at radius 2 is 1.85 bits per heavy atom. The molecule has 5 nitrogen and oxygen atoms in total. The molecule has 0 radical (unpaired) electrons. The number of ketones is 1. The third-order valence-corrected chi connectivity index (χ3v) is 7.30. The molecular formula is C21H32N2O3S. The van der Waals surface area contributed by atoms with E-state index in [2.05, 4.69) is 24.8 Å². The Morgan fingerprint density at radius 1 is 1.15 bits per heavy atom. The standard InChI is InChI=1S/C21H32N2O3S/c1-16(2)19-14-23(27(3,25)26)15-20(19)21(24)18-9-7-8-17(12-18)13-22-10-5-4-6-11-22/h7-9,12,16,19-20H,4-6,10-11,13-15H2,1-3H3/t19-,20?/m1/s1. The molecule has 2 saturated heterocycles. The number of nitrogens with zero attached hydrogens (tertiary/aromatic N) is 2. The third kappa shape index (κ3) is 4.98. The third-order valence-electron chi connectivity index (χ3n) is 6.06. The van der Waals surface area contributed by atoms with Crippen molar-refractivity contribution in [3.8, 4) is 0 Å². The quantitative estimate of drug-likeness (QED) is 0.698. The second-order valence-corrected chi connectivity index (χ2v) is 10.5. The molecule has 0 amide bonds. The van der Waals surface area contributed by atoms with Gasteiger partial charge in [-0.1, -0.05) is 38.5 Å². The van der Waals surface area contributed by atoms with E-state index in [1.54, 1.807) is 0 Å². The van der Waals surface area contributed by atoms with Crippen molar-refractivity contribution in [1.82, 2.24) is 9.21 Å². The van der Waals surface area contributed by atoms with Crippen LogP contribution in [0.3, 0.4) is 0 Å². The van der Waals surface area contributed by atoms with Gasteiger partial charge in [0, 0.05) is 31.1 Å². The molecular weight excluding hydrogens is 360 g/mol. The zero-order chi connectivity index (χ0) is 19.6. The molecule has 150 valence electrons. The Labute approximate surface area is 163 Å². The monoisotopic (exact) mass is 392 g/mol. The highest BCUT2D eigenvalue weighted by atomic mass is 32.2. The normalized spacial score (nSPS) is 25.2. The van der Waals surface area contributed by atoms with Crippen molar-refractivity contribution in [2.75, 3.05) is 32.4 Å². The molecule has 2 atom stereocenters. The number of rotatable bonds is 6. The van der Waals surface area contributed by atoms with Crippen molar-refractivity contribution >= 4 is 15.8 Å². The second-order valence-electron chi connectivity index (χ2n) is 8.50. The number of carbonyl (C=O) groups is 1. The van der Waals surface area contributed by atoms with Gasteiger partial charge in [0.25, 0.3) is 0 Å². The fourth-order valence-corrected chi connectivity index (χ4v) is 5.30. The number of carbonyl (C=O) groups excluding carboxylic acids is 1. The highest BCUT2D eigenvalue weighted by Crippen LogP contribution is 2.33. The van der Waals surface area contributed by atoms with E-state index >= 15 is 0 Å². The van der Waals surface area contributed by atoms with E-state index in [1.165, 1.54) is 35.4 Å². The summed E-state index contributed by atoms with van der Waals surface area (Å²) >= 11 is 0. The molecule has 0 N–H and O–H groups in total. The van der Waals surface area contributed by atoms with Gasteiger partial charge in [-0.2, -0.15) is 0 Å². The maximum absolute atomic E-state index is 13.2. The van der Waals surface area contributed by atoms with Crippen LogP contribution in [0.4, 0.5) is 0 Å². The van der Waals surface area contributed by atoms with Crippen molar-refractivity contribution in [2.45, 2.75) is 39.7 Å². The summed E-state index contributed by atoms with van der Waals surface area (Å²) < 4.78 is 25.5. The minimum atomic E-state index is -3.27. The molecule has 1 aromatic rings. The Morgan fingerprint density at radius 3 is 2.48 bits per heavy atom. The summed E-state index contributed by atoms with van der Waals surface area (Å²) in [4.78, 5) is 15.7. The fourth-order valence-electron chi connectivity index (χ4n) is 4.43. The number of piperidine rings is 1. The van der Waals surface area contributed by atoms with Crippen LogP contribution in [0.25, 0.3) is 0 Å². The summed E-state index contributed by atoms with van der Waals surface area (Å²) in [5.74, 6) is 0.158. The van der Waals surface area contributed by atoms with E-state index in [-0.39, 0.29) is 23.5 Å². The van der Waals surface area contributed by atoms with Gasteiger partial charge in [0.15, 0.2) is 5.78 Å². The van der Waals surface area contributed by atoms with Gasteiger partial charge in [-0.3, -0.25) is 9.69 Å². The van der Waals surface area contributed by atoms with Crippen LogP contribution in [0.2, 0.25) is 0 Å². The van der Waals surface area contributed by atoms with Crippen LogP contribution in [0, 0.1) is 17.8 Å². The van der Waals surface area contributed by atoms with Crippen LogP contribution in [-0.4, -0.2) is 55.8 Å². The highest BCUT2D eigenvalue weighted by molar-refractivity contribution is 7.88. The van der Waals surface area contributed by atoms with E-state index in [9.17, 15) is 13.2 Å². The lowest BCUT2D eigenvalue weighted by Crippen LogP contribution is -2.29. The number of hydrogen-bond donors (Lipinski definition) is 0. The maximum atomic E-state index is 13.2. The molecule has 2 aliphatic rings. The molecule has 2 aliphatic heterocycles. The van der Waals surface area contributed by atoms with Gasteiger partial charge >= 0.3 is 0 Å². The van der Waals surface area contributed by atoms with Gasteiger partial charge in [-0.15, -0.1) is 0 Å². The van der Waals surface area contributed by atoms with Crippen molar-refractivity contribution in [3.05, 3.63) is 35.4 Å². The van der Waals surface area contributed by atoms with Gasteiger partial charge in [0.1, 0.15) is 0 Å². The first-order chi connectivity index (χ1) is 12.8. The van der Waals surface area contributed by atoms with E-state index in [4.69, 9.17) is 0 Å². The average Bonchev–Trinajstić information content (AvgIpc) is 3.08. The lowest BCUT2D eigenvalue weighted by atomic mass is 9.81. The summed E-state index contributed by atoms with van der Waals surface area (Å²) in [6.45, 7) is 8.03.